The molecule has 0 bridgehead atoms. The molecule has 1 fully saturated rings. The van der Waals surface area contributed by atoms with Gasteiger partial charge in [0.05, 0.1) is 18.3 Å². The van der Waals surface area contributed by atoms with Crippen molar-refractivity contribution in [2.75, 3.05) is 13.7 Å². The molecule has 0 aromatic carbocycles. The van der Waals surface area contributed by atoms with Gasteiger partial charge in [-0.1, -0.05) is 12.1 Å². The molecule has 1 amide bonds. The Hall–Kier alpha value is -1.43. The Morgan fingerprint density at radius 2 is 2.35 bits per heavy atom. The smallest absolute Gasteiger partial charge is 0.271 e. The van der Waals surface area contributed by atoms with Crippen LogP contribution in [0.15, 0.2) is 0 Å². The maximum Gasteiger partial charge on any atom is 0.271 e. The molecule has 6 heteroatoms. The quantitative estimate of drug-likeness (QED) is 0.796. The van der Waals surface area contributed by atoms with Gasteiger partial charge in [0.1, 0.15) is 0 Å². The number of nitrogens with two attached hydrogens (primary N) is 1. The van der Waals surface area contributed by atoms with Gasteiger partial charge in [0.2, 0.25) is 0 Å². The first-order valence-electron chi connectivity index (χ1n) is 5.92. The molecule has 2 N–H and O–H groups in total. The SMILES string of the molecule is CCC(COC)n1nnc(C(N)=O)c1C1CC1. The van der Waals surface area contributed by atoms with Crippen LogP contribution >= 0.6 is 0 Å². The van der Waals surface area contributed by atoms with Crippen LogP contribution in [-0.4, -0.2) is 34.6 Å². The zero-order valence-corrected chi connectivity index (χ0v) is 10.2. The molecule has 94 valence electrons. The number of aromatic nitrogens is 3. The van der Waals surface area contributed by atoms with Crippen LogP contribution in [0.5, 0.6) is 0 Å². The van der Waals surface area contributed by atoms with E-state index in [1.165, 1.54) is 0 Å². The first kappa shape index (κ1) is 12.0. The Morgan fingerprint density at radius 3 is 2.82 bits per heavy atom. The standard InChI is InChI=1S/C11H18N4O2/c1-3-8(6-17-2)15-10(7-4-5-7)9(11(12)16)13-14-15/h7-8H,3-6H2,1-2H3,(H2,12,16). The third-order valence-corrected chi connectivity index (χ3v) is 3.10. The number of primary amides is 1. The third kappa shape index (κ3) is 2.31. The monoisotopic (exact) mass is 238 g/mol. The van der Waals surface area contributed by atoms with Crippen molar-refractivity contribution >= 4 is 5.91 Å². The lowest BCUT2D eigenvalue weighted by molar-refractivity contribution is 0.0994. The fraction of sp³-hybridized carbons (Fsp3) is 0.727. The minimum absolute atomic E-state index is 0.121. The summed E-state index contributed by atoms with van der Waals surface area (Å²) >= 11 is 0. The predicted molar refractivity (Wildman–Crippen MR) is 61.7 cm³/mol. The highest BCUT2D eigenvalue weighted by molar-refractivity contribution is 5.92. The van der Waals surface area contributed by atoms with Gasteiger partial charge in [-0.2, -0.15) is 0 Å². The summed E-state index contributed by atoms with van der Waals surface area (Å²) in [6.07, 6.45) is 3.04. The number of amides is 1. The molecule has 1 heterocycles. The number of hydrogen-bond acceptors (Lipinski definition) is 4. The minimum atomic E-state index is -0.495. The number of ether oxygens (including phenoxy) is 1. The Balaban J connectivity index is 2.35. The molecular weight excluding hydrogens is 220 g/mol. The van der Waals surface area contributed by atoms with Crippen molar-refractivity contribution in [2.45, 2.75) is 38.1 Å². The molecule has 6 nitrogen and oxygen atoms in total. The molecule has 0 aliphatic heterocycles. The van der Waals surface area contributed by atoms with E-state index in [4.69, 9.17) is 10.5 Å². The molecule has 1 aliphatic rings. The summed E-state index contributed by atoms with van der Waals surface area (Å²) in [5.41, 5.74) is 6.53. The van der Waals surface area contributed by atoms with Gasteiger partial charge in [-0.25, -0.2) is 4.68 Å². The Bertz CT molecular complexity index is 412. The molecular formula is C11H18N4O2. The second kappa shape index (κ2) is 4.83. The number of rotatable bonds is 6. The largest absolute Gasteiger partial charge is 0.382 e. The summed E-state index contributed by atoms with van der Waals surface area (Å²) in [5.74, 6) is -0.108. The predicted octanol–water partition coefficient (Wildman–Crippen LogP) is 0.852. The van der Waals surface area contributed by atoms with Crippen LogP contribution < -0.4 is 5.73 Å². The molecule has 2 rings (SSSR count). The lowest BCUT2D eigenvalue weighted by Crippen LogP contribution is -2.19. The van der Waals surface area contributed by atoms with E-state index in [0.29, 0.717) is 18.2 Å². The van der Waals surface area contributed by atoms with Crippen LogP contribution in [0.4, 0.5) is 0 Å². The van der Waals surface area contributed by atoms with E-state index < -0.39 is 5.91 Å². The van der Waals surface area contributed by atoms with Gasteiger partial charge in [-0.3, -0.25) is 4.79 Å². The molecule has 17 heavy (non-hydrogen) atoms. The fourth-order valence-corrected chi connectivity index (χ4v) is 2.04. The van der Waals surface area contributed by atoms with Crippen LogP contribution in [0.25, 0.3) is 0 Å². The normalized spacial score (nSPS) is 17.1. The van der Waals surface area contributed by atoms with E-state index in [-0.39, 0.29) is 6.04 Å². The van der Waals surface area contributed by atoms with E-state index in [2.05, 4.69) is 17.2 Å². The molecule has 1 aliphatic carbocycles. The summed E-state index contributed by atoms with van der Waals surface area (Å²) in [6, 6.07) is 0.121. The molecule has 0 spiro atoms. The highest BCUT2D eigenvalue weighted by Crippen LogP contribution is 2.42. The van der Waals surface area contributed by atoms with Crippen molar-refractivity contribution in [3.8, 4) is 0 Å². The second-order valence-electron chi connectivity index (χ2n) is 4.42. The van der Waals surface area contributed by atoms with Crippen LogP contribution in [0.3, 0.4) is 0 Å². The van der Waals surface area contributed by atoms with E-state index in [1.807, 2.05) is 4.68 Å². The van der Waals surface area contributed by atoms with E-state index in [0.717, 1.165) is 25.0 Å². The number of carbonyl (C=O) groups is 1. The highest BCUT2D eigenvalue weighted by atomic mass is 16.5. The molecule has 0 saturated heterocycles. The van der Waals surface area contributed by atoms with E-state index >= 15 is 0 Å². The number of carbonyl (C=O) groups excluding carboxylic acids is 1. The average molecular weight is 238 g/mol. The average Bonchev–Trinajstić information content (AvgIpc) is 3.05. The van der Waals surface area contributed by atoms with Crippen LogP contribution in [0.2, 0.25) is 0 Å². The Labute approximate surface area is 100 Å². The van der Waals surface area contributed by atoms with Crippen molar-refractivity contribution in [3.63, 3.8) is 0 Å². The first-order chi connectivity index (χ1) is 8.19. The van der Waals surface area contributed by atoms with Crippen LogP contribution in [0, 0.1) is 0 Å². The van der Waals surface area contributed by atoms with Gasteiger partial charge in [0.15, 0.2) is 5.69 Å². The Kier molecular flexibility index (Phi) is 3.42. The summed E-state index contributed by atoms with van der Waals surface area (Å²) < 4.78 is 6.99. The summed E-state index contributed by atoms with van der Waals surface area (Å²) in [5, 5.41) is 7.99. The first-order valence-corrected chi connectivity index (χ1v) is 5.92. The maximum atomic E-state index is 11.3. The number of hydrogen-bond donors (Lipinski definition) is 1. The molecule has 0 radical (unpaired) electrons. The van der Waals surface area contributed by atoms with Crippen molar-refractivity contribution in [3.05, 3.63) is 11.4 Å². The van der Waals surface area contributed by atoms with Crippen molar-refractivity contribution in [1.82, 2.24) is 15.0 Å². The molecule has 1 aromatic rings. The third-order valence-electron chi connectivity index (χ3n) is 3.10. The van der Waals surface area contributed by atoms with Crippen molar-refractivity contribution in [1.29, 1.82) is 0 Å². The number of nitrogens with zero attached hydrogens (tertiary/aromatic N) is 3. The van der Waals surface area contributed by atoms with E-state index in [9.17, 15) is 4.79 Å². The lowest BCUT2D eigenvalue weighted by Gasteiger charge is -2.16. The fourth-order valence-electron chi connectivity index (χ4n) is 2.04. The van der Waals surface area contributed by atoms with Gasteiger partial charge >= 0.3 is 0 Å². The van der Waals surface area contributed by atoms with Gasteiger partial charge in [-0.15, -0.1) is 5.10 Å². The van der Waals surface area contributed by atoms with E-state index in [1.54, 1.807) is 7.11 Å². The zero-order valence-electron chi connectivity index (χ0n) is 10.2. The molecule has 1 unspecified atom stereocenters. The maximum absolute atomic E-state index is 11.3. The number of methoxy groups -OCH3 is 1. The van der Waals surface area contributed by atoms with Crippen LogP contribution in [0.1, 0.15) is 54.3 Å². The van der Waals surface area contributed by atoms with Gasteiger partial charge in [-0.05, 0) is 19.3 Å². The lowest BCUT2D eigenvalue weighted by atomic mass is 10.1. The minimum Gasteiger partial charge on any atom is -0.382 e. The Morgan fingerprint density at radius 1 is 1.65 bits per heavy atom. The molecule has 1 saturated carbocycles. The molecule has 1 atom stereocenters. The highest BCUT2D eigenvalue weighted by Gasteiger charge is 2.34. The summed E-state index contributed by atoms with van der Waals surface area (Å²) in [4.78, 5) is 11.3. The topological polar surface area (TPSA) is 83.0 Å². The van der Waals surface area contributed by atoms with Gasteiger partial charge < -0.3 is 10.5 Å². The van der Waals surface area contributed by atoms with Crippen molar-refractivity contribution < 1.29 is 9.53 Å². The summed E-state index contributed by atoms with van der Waals surface area (Å²) in [7, 11) is 1.66. The van der Waals surface area contributed by atoms with Gasteiger partial charge in [0.25, 0.3) is 5.91 Å². The zero-order chi connectivity index (χ0) is 12.4. The van der Waals surface area contributed by atoms with Crippen molar-refractivity contribution in [2.24, 2.45) is 5.73 Å². The summed E-state index contributed by atoms with van der Waals surface area (Å²) in [6.45, 7) is 2.63. The van der Waals surface area contributed by atoms with Crippen LogP contribution in [-0.2, 0) is 4.74 Å². The second-order valence-corrected chi connectivity index (χ2v) is 4.42. The molecule has 1 aromatic heterocycles. The van der Waals surface area contributed by atoms with Gasteiger partial charge in [0, 0.05) is 13.0 Å².